The molecule has 0 aliphatic carbocycles. The number of fused-ring (bicyclic) bond motifs is 2. The van der Waals surface area contributed by atoms with Gasteiger partial charge in [0.05, 0.1) is 24.8 Å². The molecule has 4 nitrogen and oxygen atoms in total. The predicted octanol–water partition coefficient (Wildman–Crippen LogP) is 2.82. The van der Waals surface area contributed by atoms with E-state index in [1.54, 1.807) is 6.07 Å². The van der Waals surface area contributed by atoms with Gasteiger partial charge < -0.3 is 15.4 Å². The average molecular weight is 419 g/mol. The molecule has 2 N–H and O–H groups in total. The molecule has 3 atom stereocenters. The molecule has 2 aliphatic heterocycles. The lowest BCUT2D eigenvalue weighted by Gasteiger charge is -2.22. The number of guanidine groups is 1. The van der Waals surface area contributed by atoms with Crippen LogP contribution in [0.3, 0.4) is 0 Å². The molecule has 22 heavy (non-hydrogen) atoms. The van der Waals surface area contributed by atoms with E-state index in [4.69, 9.17) is 4.74 Å². The highest BCUT2D eigenvalue weighted by Gasteiger charge is 2.41. The van der Waals surface area contributed by atoms with Crippen LogP contribution in [0.15, 0.2) is 29.3 Å². The Labute approximate surface area is 147 Å². The normalized spacial score (nSPS) is 26.6. The molecule has 2 fully saturated rings. The summed E-state index contributed by atoms with van der Waals surface area (Å²) in [5.74, 6) is 0.560. The Morgan fingerprint density at radius 3 is 2.91 bits per heavy atom. The zero-order valence-corrected chi connectivity index (χ0v) is 15.0. The highest BCUT2D eigenvalue weighted by Crippen LogP contribution is 2.34. The van der Waals surface area contributed by atoms with Crippen LogP contribution in [-0.2, 0) is 11.3 Å². The van der Waals surface area contributed by atoms with Crippen LogP contribution in [0.4, 0.5) is 4.39 Å². The number of ether oxygens (including phenoxy) is 1. The molecule has 122 valence electrons. The Hall–Kier alpha value is -0.890. The van der Waals surface area contributed by atoms with Crippen molar-refractivity contribution < 1.29 is 9.13 Å². The summed E-state index contributed by atoms with van der Waals surface area (Å²) in [5.41, 5.74) is 0.872. The van der Waals surface area contributed by atoms with Crippen LogP contribution < -0.4 is 10.6 Å². The van der Waals surface area contributed by atoms with Gasteiger partial charge in [-0.15, -0.1) is 24.0 Å². The summed E-state index contributed by atoms with van der Waals surface area (Å²) in [6, 6.07) is 6.91. The number of benzene rings is 1. The third-order valence-electron chi connectivity index (χ3n) is 4.08. The Bertz CT molecular complexity index is 526. The number of nitrogens with zero attached hydrogens (tertiary/aromatic N) is 1. The SMILES string of the molecule is CCNC(=NCc1cccc(F)c1)NC1CC2CCC1O2.I. The van der Waals surface area contributed by atoms with Gasteiger partial charge in [0.25, 0.3) is 0 Å². The lowest BCUT2D eigenvalue weighted by atomic mass is 9.96. The van der Waals surface area contributed by atoms with Crippen LogP contribution in [0, 0.1) is 5.82 Å². The molecule has 3 unspecified atom stereocenters. The number of rotatable bonds is 4. The first-order valence-corrected chi connectivity index (χ1v) is 7.69. The first kappa shape index (κ1) is 17.5. The van der Waals surface area contributed by atoms with E-state index in [1.807, 2.05) is 13.0 Å². The zero-order chi connectivity index (χ0) is 14.7. The Kier molecular flexibility index (Phi) is 6.43. The number of hydrogen-bond acceptors (Lipinski definition) is 2. The molecule has 2 aliphatic rings. The van der Waals surface area contributed by atoms with Gasteiger partial charge in [-0.05, 0) is 43.9 Å². The molecule has 1 aromatic carbocycles. The smallest absolute Gasteiger partial charge is 0.191 e. The van der Waals surface area contributed by atoms with Crippen molar-refractivity contribution in [2.75, 3.05) is 6.54 Å². The summed E-state index contributed by atoms with van der Waals surface area (Å²) in [6.45, 7) is 3.31. The van der Waals surface area contributed by atoms with Crippen LogP contribution >= 0.6 is 24.0 Å². The summed E-state index contributed by atoms with van der Waals surface area (Å²) in [5, 5.41) is 6.70. The monoisotopic (exact) mass is 419 g/mol. The molecule has 3 rings (SSSR count). The molecule has 0 saturated carbocycles. The third-order valence-corrected chi connectivity index (χ3v) is 4.08. The lowest BCUT2D eigenvalue weighted by molar-refractivity contribution is 0.0992. The fraction of sp³-hybridized carbons (Fsp3) is 0.562. The van der Waals surface area contributed by atoms with E-state index in [1.165, 1.54) is 18.6 Å². The van der Waals surface area contributed by atoms with Gasteiger partial charge in [0.2, 0.25) is 0 Å². The number of hydrogen-bond donors (Lipinski definition) is 2. The quantitative estimate of drug-likeness (QED) is 0.448. The number of halogens is 2. The fourth-order valence-corrected chi connectivity index (χ4v) is 3.09. The lowest BCUT2D eigenvalue weighted by Crippen LogP contribution is -2.47. The molecule has 1 aromatic rings. The molecule has 2 heterocycles. The van der Waals surface area contributed by atoms with Crippen LogP contribution in [0.5, 0.6) is 0 Å². The van der Waals surface area contributed by atoms with Gasteiger partial charge in [0.1, 0.15) is 5.82 Å². The van der Waals surface area contributed by atoms with Gasteiger partial charge in [-0.25, -0.2) is 9.38 Å². The van der Waals surface area contributed by atoms with Crippen LogP contribution in [0.2, 0.25) is 0 Å². The number of nitrogens with one attached hydrogen (secondary N) is 2. The summed E-state index contributed by atoms with van der Waals surface area (Å²) < 4.78 is 19.0. The van der Waals surface area contributed by atoms with Crippen LogP contribution in [-0.4, -0.2) is 30.8 Å². The van der Waals surface area contributed by atoms with Crippen molar-refractivity contribution in [2.24, 2.45) is 4.99 Å². The maximum Gasteiger partial charge on any atom is 0.191 e. The first-order valence-electron chi connectivity index (χ1n) is 7.69. The Balaban J connectivity index is 0.00000176. The van der Waals surface area contributed by atoms with Crippen molar-refractivity contribution in [2.45, 2.75) is 51.0 Å². The zero-order valence-electron chi connectivity index (χ0n) is 12.7. The maximum atomic E-state index is 13.2. The highest BCUT2D eigenvalue weighted by molar-refractivity contribution is 14.0. The van der Waals surface area contributed by atoms with Crippen molar-refractivity contribution in [3.05, 3.63) is 35.6 Å². The largest absolute Gasteiger partial charge is 0.373 e. The van der Waals surface area contributed by atoms with Gasteiger partial charge in [-0.3, -0.25) is 0 Å². The minimum Gasteiger partial charge on any atom is -0.373 e. The number of aliphatic imine (C=N–C) groups is 1. The second kappa shape index (κ2) is 8.10. The Morgan fingerprint density at radius 2 is 2.27 bits per heavy atom. The highest BCUT2D eigenvalue weighted by atomic mass is 127. The van der Waals surface area contributed by atoms with E-state index in [2.05, 4.69) is 15.6 Å². The standard InChI is InChI=1S/C16H22FN3O.HI/c1-2-18-16(19-10-11-4-3-5-12(17)8-11)20-14-9-13-6-7-15(14)21-13;/h3-5,8,13-15H,2,6-7,9-10H2,1H3,(H2,18,19,20);1H. The molecule has 0 amide bonds. The van der Waals surface area contributed by atoms with Gasteiger partial charge in [-0.2, -0.15) is 0 Å². The Morgan fingerprint density at radius 1 is 1.41 bits per heavy atom. The second-order valence-electron chi connectivity index (χ2n) is 5.69. The molecule has 2 saturated heterocycles. The van der Waals surface area contributed by atoms with Crippen molar-refractivity contribution in [1.82, 2.24) is 10.6 Å². The van der Waals surface area contributed by atoms with Crippen LogP contribution in [0.1, 0.15) is 31.7 Å². The fourth-order valence-electron chi connectivity index (χ4n) is 3.09. The van der Waals surface area contributed by atoms with E-state index in [0.717, 1.165) is 30.9 Å². The van der Waals surface area contributed by atoms with Crippen molar-refractivity contribution >= 4 is 29.9 Å². The molecular formula is C16H23FIN3O. The summed E-state index contributed by atoms with van der Waals surface area (Å²) in [7, 11) is 0. The minimum absolute atomic E-state index is 0. The van der Waals surface area contributed by atoms with Crippen molar-refractivity contribution in [3.8, 4) is 0 Å². The van der Waals surface area contributed by atoms with Crippen LogP contribution in [0.25, 0.3) is 0 Å². The third kappa shape index (κ3) is 4.32. The van der Waals surface area contributed by atoms with E-state index in [0.29, 0.717) is 24.8 Å². The summed E-state index contributed by atoms with van der Waals surface area (Å²) >= 11 is 0. The van der Waals surface area contributed by atoms with Gasteiger partial charge in [0, 0.05) is 6.54 Å². The summed E-state index contributed by atoms with van der Waals surface area (Å²) in [4.78, 5) is 4.54. The summed E-state index contributed by atoms with van der Waals surface area (Å²) in [6.07, 6.45) is 4.09. The van der Waals surface area contributed by atoms with Gasteiger partial charge >= 0.3 is 0 Å². The first-order chi connectivity index (χ1) is 10.2. The van der Waals surface area contributed by atoms with Gasteiger partial charge in [-0.1, -0.05) is 12.1 Å². The molecule has 0 spiro atoms. The molecule has 0 radical (unpaired) electrons. The maximum absolute atomic E-state index is 13.2. The molecule has 2 bridgehead atoms. The average Bonchev–Trinajstić information content (AvgIpc) is 3.08. The molecule has 6 heteroatoms. The van der Waals surface area contributed by atoms with E-state index < -0.39 is 0 Å². The van der Waals surface area contributed by atoms with Crippen molar-refractivity contribution in [3.63, 3.8) is 0 Å². The second-order valence-corrected chi connectivity index (χ2v) is 5.69. The topological polar surface area (TPSA) is 45.7 Å². The minimum atomic E-state index is -0.220. The van der Waals surface area contributed by atoms with E-state index in [-0.39, 0.29) is 29.8 Å². The van der Waals surface area contributed by atoms with Gasteiger partial charge in [0.15, 0.2) is 5.96 Å². The molecular weight excluding hydrogens is 396 g/mol. The van der Waals surface area contributed by atoms with E-state index in [9.17, 15) is 4.39 Å². The predicted molar refractivity (Wildman–Crippen MR) is 96.1 cm³/mol. The van der Waals surface area contributed by atoms with E-state index >= 15 is 0 Å². The molecule has 0 aromatic heterocycles. The van der Waals surface area contributed by atoms with Crippen molar-refractivity contribution in [1.29, 1.82) is 0 Å².